The Morgan fingerprint density at radius 2 is 2.30 bits per heavy atom. The molecule has 0 bridgehead atoms. The normalized spacial score (nSPS) is 24.7. The van der Waals surface area contributed by atoms with E-state index < -0.39 is 0 Å². The summed E-state index contributed by atoms with van der Waals surface area (Å²) >= 11 is 0. The van der Waals surface area contributed by atoms with Gasteiger partial charge in [-0.3, -0.25) is 4.90 Å². The number of piperidine rings is 1. The van der Waals surface area contributed by atoms with Gasteiger partial charge in [0.1, 0.15) is 11.6 Å². The lowest BCUT2D eigenvalue weighted by Gasteiger charge is -2.34. The Morgan fingerprint density at radius 1 is 1.40 bits per heavy atom. The van der Waals surface area contributed by atoms with Crippen molar-refractivity contribution in [2.45, 2.75) is 39.2 Å². The third-order valence-electron chi connectivity index (χ3n) is 4.14. The summed E-state index contributed by atoms with van der Waals surface area (Å²) in [6.45, 7) is 9.00. The predicted octanol–water partition coefficient (Wildman–Crippen LogP) is 1.88. The molecular weight excluding hydrogens is 252 g/mol. The van der Waals surface area contributed by atoms with Crippen LogP contribution in [0.5, 0.6) is 0 Å². The van der Waals surface area contributed by atoms with Gasteiger partial charge >= 0.3 is 0 Å². The van der Waals surface area contributed by atoms with E-state index in [0.717, 1.165) is 44.4 Å². The number of hydrogen-bond acceptors (Lipinski definition) is 4. The Labute approximate surface area is 120 Å². The van der Waals surface area contributed by atoms with E-state index in [1.807, 2.05) is 6.92 Å². The van der Waals surface area contributed by atoms with Gasteiger partial charge in [-0.15, -0.1) is 0 Å². The number of aryl methyl sites for hydroxylation is 2. The highest BCUT2D eigenvalue weighted by atomic mass is 16.5. The van der Waals surface area contributed by atoms with Crippen molar-refractivity contribution in [1.29, 1.82) is 0 Å². The molecule has 1 atom stereocenters. The van der Waals surface area contributed by atoms with Crippen LogP contribution in [0.1, 0.15) is 37.0 Å². The number of rotatable bonds is 3. The first-order valence-electron chi connectivity index (χ1n) is 7.60. The molecule has 0 spiro atoms. The van der Waals surface area contributed by atoms with Crippen LogP contribution in [0.3, 0.4) is 0 Å². The average molecular weight is 276 g/mol. The molecule has 2 aliphatic rings. The standard InChI is InChI=1S/C15H24N4O/c1-12-16-13(2)19(17-12)15-6-3-7-18(10-15)9-14-5-4-8-20-11-14/h5,15H,3-4,6-11H2,1-2H3. The third kappa shape index (κ3) is 3.10. The second-order valence-electron chi connectivity index (χ2n) is 5.89. The number of aromatic nitrogens is 3. The fourth-order valence-corrected chi connectivity index (χ4v) is 3.26. The molecule has 1 aromatic rings. The summed E-state index contributed by atoms with van der Waals surface area (Å²) in [7, 11) is 0. The molecule has 1 aromatic heterocycles. The molecule has 1 saturated heterocycles. The van der Waals surface area contributed by atoms with Gasteiger partial charge in [0.05, 0.1) is 19.3 Å². The molecule has 0 radical (unpaired) electrons. The van der Waals surface area contributed by atoms with Crippen LogP contribution in [0.15, 0.2) is 11.6 Å². The highest BCUT2D eigenvalue weighted by Crippen LogP contribution is 2.23. The highest BCUT2D eigenvalue weighted by molar-refractivity contribution is 5.07. The number of likely N-dealkylation sites (tertiary alicyclic amines) is 1. The SMILES string of the molecule is Cc1nc(C)n(C2CCCN(CC3=CCCOC3)C2)n1. The number of ether oxygens (including phenoxy) is 1. The Kier molecular flexibility index (Phi) is 4.17. The zero-order valence-corrected chi connectivity index (χ0v) is 12.5. The Bertz CT molecular complexity index is 494. The number of hydrogen-bond donors (Lipinski definition) is 0. The van der Waals surface area contributed by atoms with E-state index in [-0.39, 0.29) is 0 Å². The molecule has 0 aromatic carbocycles. The predicted molar refractivity (Wildman–Crippen MR) is 77.7 cm³/mol. The summed E-state index contributed by atoms with van der Waals surface area (Å²) in [6.07, 6.45) is 5.85. The molecule has 0 aliphatic carbocycles. The molecule has 1 unspecified atom stereocenters. The minimum absolute atomic E-state index is 0.468. The van der Waals surface area contributed by atoms with Crippen LogP contribution in [0.2, 0.25) is 0 Å². The zero-order chi connectivity index (χ0) is 13.9. The van der Waals surface area contributed by atoms with Crippen LogP contribution in [-0.4, -0.2) is 52.5 Å². The van der Waals surface area contributed by atoms with E-state index in [1.54, 1.807) is 0 Å². The van der Waals surface area contributed by atoms with Crippen molar-refractivity contribution < 1.29 is 4.74 Å². The lowest BCUT2D eigenvalue weighted by atomic mass is 10.0. The van der Waals surface area contributed by atoms with Crippen LogP contribution in [0.4, 0.5) is 0 Å². The van der Waals surface area contributed by atoms with Gasteiger partial charge in [0.15, 0.2) is 0 Å². The molecule has 0 amide bonds. The van der Waals surface area contributed by atoms with Gasteiger partial charge in [-0.25, -0.2) is 9.67 Å². The molecule has 20 heavy (non-hydrogen) atoms. The third-order valence-corrected chi connectivity index (χ3v) is 4.14. The van der Waals surface area contributed by atoms with Gasteiger partial charge in [-0.2, -0.15) is 5.10 Å². The molecule has 5 heteroatoms. The van der Waals surface area contributed by atoms with Crippen molar-refractivity contribution in [3.05, 3.63) is 23.3 Å². The van der Waals surface area contributed by atoms with E-state index >= 15 is 0 Å². The van der Waals surface area contributed by atoms with Crippen molar-refractivity contribution in [2.24, 2.45) is 0 Å². The van der Waals surface area contributed by atoms with Gasteiger partial charge in [0, 0.05) is 13.1 Å². The lowest BCUT2D eigenvalue weighted by Crippen LogP contribution is -2.39. The summed E-state index contributed by atoms with van der Waals surface area (Å²) in [5, 5.41) is 4.55. The highest BCUT2D eigenvalue weighted by Gasteiger charge is 2.24. The van der Waals surface area contributed by atoms with Gasteiger partial charge in [0.2, 0.25) is 0 Å². The zero-order valence-electron chi connectivity index (χ0n) is 12.5. The average Bonchev–Trinajstić information content (AvgIpc) is 2.79. The smallest absolute Gasteiger partial charge is 0.147 e. The monoisotopic (exact) mass is 276 g/mol. The van der Waals surface area contributed by atoms with Crippen molar-refractivity contribution in [1.82, 2.24) is 19.7 Å². The van der Waals surface area contributed by atoms with Crippen LogP contribution < -0.4 is 0 Å². The van der Waals surface area contributed by atoms with Gasteiger partial charge in [-0.1, -0.05) is 6.08 Å². The van der Waals surface area contributed by atoms with Crippen molar-refractivity contribution in [3.63, 3.8) is 0 Å². The van der Waals surface area contributed by atoms with Gasteiger partial charge in [0.25, 0.3) is 0 Å². The maximum Gasteiger partial charge on any atom is 0.147 e. The van der Waals surface area contributed by atoms with Gasteiger partial charge < -0.3 is 4.74 Å². The number of nitrogens with zero attached hydrogens (tertiary/aromatic N) is 4. The van der Waals surface area contributed by atoms with E-state index in [9.17, 15) is 0 Å². The van der Waals surface area contributed by atoms with Crippen LogP contribution in [-0.2, 0) is 4.74 Å². The van der Waals surface area contributed by atoms with Crippen molar-refractivity contribution in [2.75, 3.05) is 32.8 Å². The maximum absolute atomic E-state index is 5.54. The summed E-state index contributed by atoms with van der Waals surface area (Å²) in [6, 6.07) is 0.468. The molecular formula is C15H24N4O. The summed E-state index contributed by atoms with van der Waals surface area (Å²) in [4.78, 5) is 6.96. The minimum Gasteiger partial charge on any atom is -0.377 e. The Balaban J connectivity index is 1.64. The summed E-state index contributed by atoms with van der Waals surface area (Å²) in [5.41, 5.74) is 1.43. The quantitative estimate of drug-likeness (QED) is 0.791. The van der Waals surface area contributed by atoms with Gasteiger partial charge in [-0.05, 0) is 45.2 Å². The van der Waals surface area contributed by atoms with E-state index in [4.69, 9.17) is 4.74 Å². The van der Waals surface area contributed by atoms with Crippen molar-refractivity contribution in [3.8, 4) is 0 Å². The Morgan fingerprint density at radius 3 is 3.00 bits per heavy atom. The summed E-state index contributed by atoms with van der Waals surface area (Å²) < 4.78 is 7.65. The summed E-state index contributed by atoms with van der Waals surface area (Å²) in [5.74, 6) is 1.91. The van der Waals surface area contributed by atoms with E-state index in [2.05, 4.69) is 32.7 Å². The van der Waals surface area contributed by atoms with E-state index in [0.29, 0.717) is 6.04 Å². The van der Waals surface area contributed by atoms with E-state index in [1.165, 1.54) is 25.0 Å². The first-order valence-corrected chi connectivity index (χ1v) is 7.60. The second kappa shape index (κ2) is 6.06. The molecule has 110 valence electrons. The fraction of sp³-hybridized carbons (Fsp3) is 0.733. The molecule has 1 fully saturated rings. The Hall–Kier alpha value is -1.20. The maximum atomic E-state index is 5.54. The first kappa shape index (κ1) is 13.8. The minimum atomic E-state index is 0.468. The molecule has 5 nitrogen and oxygen atoms in total. The lowest BCUT2D eigenvalue weighted by molar-refractivity contribution is 0.131. The largest absolute Gasteiger partial charge is 0.377 e. The molecule has 3 rings (SSSR count). The molecule has 0 N–H and O–H groups in total. The second-order valence-corrected chi connectivity index (χ2v) is 5.89. The van der Waals surface area contributed by atoms with Crippen LogP contribution in [0.25, 0.3) is 0 Å². The van der Waals surface area contributed by atoms with Crippen LogP contribution >= 0.6 is 0 Å². The van der Waals surface area contributed by atoms with Crippen LogP contribution in [0, 0.1) is 13.8 Å². The first-order chi connectivity index (χ1) is 9.72. The fourth-order valence-electron chi connectivity index (χ4n) is 3.26. The molecule has 0 saturated carbocycles. The topological polar surface area (TPSA) is 43.2 Å². The molecule has 2 aliphatic heterocycles. The van der Waals surface area contributed by atoms with Crippen molar-refractivity contribution >= 4 is 0 Å². The molecule has 3 heterocycles.